The number of rotatable bonds is 2. The van der Waals surface area contributed by atoms with Gasteiger partial charge in [0, 0.05) is 11.0 Å². The molecule has 0 saturated carbocycles. The summed E-state index contributed by atoms with van der Waals surface area (Å²) in [5.74, 6) is 6.00. The summed E-state index contributed by atoms with van der Waals surface area (Å²) in [6.07, 6.45) is 0. The van der Waals surface area contributed by atoms with E-state index in [-0.39, 0.29) is 16.7 Å². The molecular formula is C18H25NO. The minimum atomic E-state index is -0.0753. The van der Waals surface area contributed by atoms with E-state index >= 15 is 0 Å². The molecular weight excluding hydrogens is 246 g/mol. The number of benzene rings is 1. The Labute approximate surface area is 123 Å². The van der Waals surface area contributed by atoms with Gasteiger partial charge in [-0.15, -0.1) is 0 Å². The second kappa shape index (κ2) is 6.13. The highest BCUT2D eigenvalue weighted by Crippen LogP contribution is 2.22. The summed E-state index contributed by atoms with van der Waals surface area (Å²) in [6, 6.07) is 7.76. The number of amides is 1. The topological polar surface area (TPSA) is 29.1 Å². The van der Waals surface area contributed by atoms with Gasteiger partial charge >= 0.3 is 0 Å². The zero-order chi connectivity index (χ0) is 15.4. The van der Waals surface area contributed by atoms with Crippen molar-refractivity contribution in [3.63, 3.8) is 0 Å². The van der Waals surface area contributed by atoms with Gasteiger partial charge in [0.15, 0.2) is 0 Å². The van der Waals surface area contributed by atoms with Crippen LogP contribution in [0.1, 0.15) is 57.5 Å². The minimum Gasteiger partial charge on any atom is -0.341 e. The zero-order valence-corrected chi connectivity index (χ0v) is 13.4. The van der Waals surface area contributed by atoms with Crippen molar-refractivity contribution in [2.75, 3.05) is 6.54 Å². The first kappa shape index (κ1) is 16.3. The summed E-state index contributed by atoms with van der Waals surface area (Å²) in [6.45, 7) is 13.0. The van der Waals surface area contributed by atoms with Gasteiger partial charge in [-0.3, -0.25) is 4.79 Å². The molecule has 0 spiro atoms. The molecule has 1 amide bonds. The van der Waals surface area contributed by atoms with Crippen LogP contribution in [0.2, 0.25) is 0 Å². The molecule has 0 saturated heterocycles. The lowest BCUT2D eigenvalue weighted by Crippen LogP contribution is -2.24. The van der Waals surface area contributed by atoms with Gasteiger partial charge in [-0.05, 0) is 43.9 Å². The summed E-state index contributed by atoms with van der Waals surface area (Å²) in [7, 11) is 0. The Morgan fingerprint density at radius 2 is 1.60 bits per heavy atom. The van der Waals surface area contributed by atoms with Crippen LogP contribution in [-0.2, 0) is 5.41 Å². The van der Waals surface area contributed by atoms with E-state index in [1.54, 1.807) is 0 Å². The molecule has 1 aromatic carbocycles. The average molecular weight is 271 g/mol. The molecule has 2 heteroatoms. The van der Waals surface area contributed by atoms with Crippen LogP contribution in [0.4, 0.5) is 0 Å². The SMILES string of the molecule is CC(C)(C)C#CCNC(=O)c1ccc(C(C)(C)C)cc1. The fourth-order valence-corrected chi connectivity index (χ4v) is 1.66. The molecule has 0 aliphatic carbocycles. The largest absolute Gasteiger partial charge is 0.341 e. The van der Waals surface area contributed by atoms with Crippen LogP contribution >= 0.6 is 0 Å². The molecule has 1 rings (SSSR count). The van der Waals surface area contributed by atoms with Crippen LogP contribution in [-0.4, -0.2) is 12.5 Å². The minimum absolute atomic E-state index is 0.0287. The highest BCUT2D eigenvalue weighted by atomic mass is 16.1. The lowest BCUT2D eigenvalue weighted by molar-refractivity contribution is 0.0958. The van der Waals surface area contributed by atoms with Crippen molar-refractivity contribution in [3.05, 3.63) is 35.4 Å². The normalized spacial score (nSPS) is 11.5. The third-order valence-corrected chi connectivity index (χ3v) is 2.81. The molecule has 108 valence electrons. The lowest BCUT2D eigenvalue weighted by Gasteiger charge is -2.18. The molecule has 1 aromatic rings. The maximum Gasteiger partial charge on any atom is 0.252 e. The van der Waals surface area contributed by atoms with Gasteiger partial charge < -0.3 is 5.32 Å². The Bertz CT molecular complexity index is 516. The van der Waals surface area contributed by atoms with Gasteiger partial charge in [0.25, 0.3) is 5.91 Å². The molecule has 0 unspecified atom stereocenters. The van der Waals surface area contributed by atoms with Crippen LogP contribution < -0.4 is 5.32 Å². The number of carbonyl (C=O) groups excluding carboxylic acids is 1. The van der Waals surface area contributed by atoms with Gasteiger partial charge in [0.2, 0.25) is 0 Å². The van der Waals surface area contributed by atoms with Crippen molar-refractivity contribution >= 4 is 5.91 Å². The molecule has 0 aliphatic rings. The summed E-state index contributed by atoms with van der Waals surface area (Å²) in [5, 5.41) is 2.82. The highest BCUT2D eigenvalue weighted by Gasteiger charge is 2.14. The van der Waals surface area contributed by atoms with Gasteiger partial charge in [-0.1, -0.05) is 44.7 Å². The van der Waals surface area contributed by atoms with Crippen molar-refractivity contribution in [1.82, 2.24) is 5.32 Å². The van der Waals surface area contributed by atoms with E-state index in [9.17, 15) is 4.79 Å². The third-order valence-electron chi connectivity index (χ3n) is 2.81. The summed E-state index contributed by atoms with van der Waals surface area (Å²) < 4.78 is 0. The van der Waals surface area contributed by atoms with Gasteiger partial charge in [-0.25, -0.2) is 0 Å². The maximum absolute atomic E-state index is 12.0. The number of carbonyl (C=O) groups is 1. The van der Waals surface area contributed by atoms with Crippen molar-refractivity contribution in [2.24, 2.45) is 5.41 Å². The van der Waals surface area contributed by atoms with E-state index in [2.05, 4.69) is 37.9 Å². The Morgan fingerprint density at radius 3 is 2.05 bits per heavy atom. The quantitative estimate of drug-likeness (QED) is 0.815. The molecule has 20 heavy (non-hydrogen) atoms. The predicted molar refractivity (Wildman–Crippen MR) is 84.7 cm³/mol. The highest BCUT2D eigenvalue weighted by molar-refractivity contribution is 5.94. The lowest BCUT2D eigenvalue weighted by atomic mass is 9.87. The first-order valence-electron chi connectivity index (χ1n) is 6.98. The molecule has 0 radical (unpaired) electrons. The molecule has 0 aromatic heterocycles. The number of nitrogens with one attached hydrogen (secondary N) is 1. The van der Waals surface area contributed by atoms with Crippen LogP contribution in [0.5, 0.6) is 0 Å². The van der Waals surface area contributed by atoms with E-state index in [0.29, 0.717) is 12.1 Å². The van der Waals surface area contributed by atoms with Gasteiger partial charge in [0.1, 0.15) is 0 Å². The van der Waals surface area contributed by atoms with Crippen molar-refractivity contribution in [2.45, 2.75) is 47.0 Å². The van der Waals surface area contributed by atoms with E-state index < -0.39 is 0 Å². The maximum atomic E-state index is 12.0. The standard InChI is InChI=1S/C18H25NO/c1-17(2,3)12-7-13-19-16(20)14-8-10-15(11-9-14)18(4,5)6/h8-11H,13H2,1-6H3,(H,19,20). The number of hydrogen-bond acceptors (Lipinski definition) is 1. The average Bonchev–Trinajstić information content (AvgIpc) is 2.32. The van der Waals surface area contributed by atoms with Crippen molar-refractivity contribution in [3.8, 4) is 11.8 Å². The summed E-state index contributed by atoms with van der Waals surface area (Å²) >= 11 is 0. The van der Waals surface area contributed by atoms with Crippen molar-refractivity contribution in [1.29, 1.82) is 0 Å². The Morgan fingerprint density at radius 1 is 1.05 bits per heavy atom. The molecule has 0 atom stereocenters. The first-order chi connectivity index (χ1) is 9.09. The predicted octanol–water partition coefficient (Wildman–Crippen LogP) is 3.76. The monoisotopic (exact) mass is 271 g/mol. The van der Waals surface area contributed by atoms with Crippen LogP contribution in [0.3, 0.4) is 0 Å². The second-order valence-electron chi connectivity index (χ2n) is 7.06. The van der Waals surface area contributed by atoms with Crippen LogP contribution in [0, 0.1) is 17.3 Å². The first-order valence-corrected chi connectivity index (χ1v) is 6.98. The third kappa shape index (κ3) is 5.48. The van der Waals surface area contributed by atoms with Gasteiger partial charge in [-0.2, -0.15) is 0 Å². The zero-order valence-electron chi connectivity index (χ0n) is 13.4. The van der Waals surface area contributed by atoms with Crippen LogP contribution in [0.25, 0.3) is 0 Å². The second-order valence-corrected chi connectivity index (χ2v) is 7.06. The number of hydrogen-bond donors (Lipinski definition) is 1. The molecule has 2 nitrogen and oxygen atoms in total. The fraction of sp³-hybridized carbons (Fsp3) is 0.500. The Kier molecular flexibility index (Phi) is 5.00. The van der Waals surface area contributed by atoms with E-state index in [1.165, 1.54) is 5.56 Å². The molecule has 0 heterocycles. The van der Waals surface area contributed by atoms with Crippen molar-refractivity contribution < 1.29 is 4.79 Å². The van der Waals surface area contributed by atoms with E-state index in [0.717, 1.165) is 0 Å². The Hall–Kier alpha value is -1.75. The van der Waals surface area contributed by atoms with Gasteiger partial charge in [0.05, 0.1) is 6.54 Å². The Balaban J connectivity index is 2.63. The summed E-state index contributed by atoms with van der Waals surface area (Å²) in [4.78, 5) is 12.0. The van der Waals surface area contributed by atoms with Crippen LogP contribution in [0.15, 0.2) is 24.3 Å². The fourth-order valence-electron chi connectivity index (χ4n) is 1.66. The molecule has 1 N–H and O–H groups in total. The summed E-state index contributed by atoms with van der Waals surface area (Å²) in [5.41, 5.74) is 1.98. The molecule has 0 aliphatic heterocycles. The smallest absolute Gasteiger partial charge is 0.252 e. The van der Waals surface area contributed by atoms with E-state index in [4.69, 9.17) is 0 Å². The molecule has 0 bridgehead atoms. The molecule has 0 fully saturated rings. The van der Waals surface area contributed by atoms with E-state index in [1.807, 2.05) is 45.0 Å².